The molecule has 4 rings (SSSR count). The maximum atomic E-state index is 13.7. The molecular weight excluding hydrogens is 689 g/mol. The van der Waals surface area contributed by atoms with Gasteiger partial charge in [-0.3, -0.25) is 13.8 Å². The fourth-order valence-corrected chi connectivity index (χ4v) is 6.55. The highest BCUT2D eigenvalue weighted by Crippen LogP contribution is 2.32. The SMILES string of the molecule is COc1cc(C(=O)N(C)c2ccc(C)cc2OCCCCCC(=O)N2CCN(C)CC2)ccc1NC(=S)c1ccccc1CCCOS(C)(=O)=O. The normalized spacial score (nSPS) is 13.5. The van der Waals surface area contributed by atoms with Crippen LogP contribution in [-0.2, 0) is 25.5 Å². The molecule has 1 saturated heterocycles. The first-order valence-electron chi connectivity index (χ1n) is 17.3. The van der Waals surface area contributed by atoms with Gasteiger partial charge in [-0.2, -0.15) is 8.42 Å². The van der Waals surface area contributed by atoms with E-state index in [0.29, 0.717) is 59.3 Å². The predicted molar refractivity (Wildman–Crippen MR) is 206 cm³/mol. The van der Waals surface area contributed by atoms with E-state index in [1.165, 1.54) is 7.11 Å². The van der Waals surface area contributed by atoms with Gasteiger partial charge in [-0.05, 0) is 87.5 Å². The number of unbranched alkanes of at least 4 members (excludes halogenated alkanes) is 2. The minimum Gasteiger partial charge on any atom is -0.495 e. The summed E-state index contributed by atoms with van der Waals surface area (Å²) < 4.78 is 39.3. The van der Waals surface area contributed by atoms with Crippen molar-refractivity contribution in [2.45, 2.75) is 45.4 Å². The smallest absolute Gasteiger partial charge is 0.264 e. The third-order valence-electron chi connectivity index (χ3n) is 8.78. The topological polar surface area (TPSA) is 118 Å². The van der Waals surface area contributed by atoms with Crippen molar-refractivity contribution in [3.8, 4) is 11.5 Å². The number of benzene rings is 3. The summed E-state index contributed by atoms with van der Waals surface area (Å²) in [6.07, 6.45) is 5.17. The predicted octanol–water partition coefficient (Wildman–Crippen LogP) is 5.69. The van der Waals surface area contributed by atoms with E-state index in [0.717, 1.165) is 68.4 Å². The Kier molecular flexibility index (Phi) is 14.8. The standard InChI is InChI=1S/C38H50N4O7S2/c1-28-16-19-33(35(26-28)48-24-10-6-7-15-36(43)42-22-20-40(2)21-23-42)41(3)38(44)30-17-18-32(34(27-30)47-4)39-37(50)31-14-9-8-12-29(31)13-11-25-49-51(5,45)46/h8-9,12,14,16-19,26-27H,6-7,10-11,13,15,20-25H2,1-5H3,(H,39,50). The van der Waals surface area contributed by atoms with Crippen molar-refractivity contribution in [2.24, 2.45) is 0 Å². The van der Waals surface area contributed by atoms with Gasteiger partial charge in [0.05, 0.1) is 38.0 Å². The first-order chi connectivity index (χ1) is 24.4. The van der Waals surface area contributed by atoms with Crippen molar-refractivity contribution in [3.05, 3.63) is 82.9 Å². The van der Waals surface area contributed by atoms with Crippen LogP contribution in [0.2, 0.25) is 0 Å². The van der Waals surface area contributed by atoms with E-state index in [2.05, 4.69) is 17.3 Å². The van der Waals surface area contributed by atoms with Gasteiger partial charge in [0.25, 0.3) is 16.0 Å². The zero-order valence-corrected chi connectivity index (χ0v) is 31.9. The van der Waals surface area contributed by atoms with Gasteiger partial charge in [0.2, 0.25) is 5.91 Å². The molecule has 0 aromatic heterocycles. The molecule has 0 spiro atoms. The minimum absolute atomic E-state index is 0.0854. The van der Waals surface area contributed by atoms with Crippen molar-refractivity contribution in [1.29, 1.82) is 0 Å². The van der Waals surface area contributed by atoms with Crippen molar-refractivity contribution in [1.82, 2.24) is 9.80 Å². The lowest BCUT2D eigenvalue weighted by atomic mass is 10.0. The number of carbonyl (C=O) groups excluding carboxylic acids is 2. The Balaban J connectivity index is 1.35. The molecule has 1 aliphatic heterocycles. The molecule has 0 radical (unpaired) electrons. The Morgan fingerprint density at radius 2 is 1.67 bits per heavy atom. The van der Waals surface area contributed by atoms with E-state index in [9.17, 15) is 18.0 Å². The molecule has 1 fully saturated rings. The number of rotatable bonds is 17. The van der Waals surface area contributed by atoms with E-state index in [1.54, 1.807) is 30.1 Å². The van der Waals surface area contributed by atoms with Crippen molar-refractivity contribution < 1.29 is 31.7 Å². The first-order valence-corrected chi connectivity index (χ1v) is 19.5. The van der Waals surface area contributed by atoms with Crippen LogP contribution in [0.3, 0.4) is 0 Å². The number of carbonyl (C=O) groups is 2. The third kappa shape index (κ3) is 12.0. The number of methoxy groups -OCH3 is 1. The lowest BCUT2D eigenvalue weighted by Gasteiger charge is -2.32. The number of piperazine rings is 1. The highest BCUT2D eigenvalue weighted by molar-refractivity contribution is 7.86. The number of hydrogen-bond acceptors (Lipinski definition) is 9. The van der Waals surface area contributed by atoms with Gasteiger partial charge >= 0.3 is 0 Å². The molecule has 276 valence electrons. The number of nitrogens with zero attached hydrogens (tertiary/aromatic N) is 3. The molecule has 0 saturated carbocycles. The van der Waals surface area contributed by atoms with Crippen molar-refractivity contribution >= 4 is 50.5 Å². The quantitative estimate of drug-likeness (QED) is 0.105. The van der Waals surface area contributed by atoms with E-state index in [4.69, 9.17) is 25.9 Å². The van der Waals surface area contributed by atoms with E-state index in [-0.39, 0.29) is 18.4 Å². The molecule has 3 aromatic carbocycles. The van der Waals surface area contributed by atoms with E-state index in [1.807, 2.05) is 54.3 Å². The second-order valence-corrected chi connectivity index (χ2v) is 14.9. The van der Waals surface area contributed by atoms with Crippen LogP contribution in [0.15, 0.2) is 60.7 Å². The first kappa shape index (κ1) is 39.7. The number of hydrogen-bond donors (Lipinski definition) is 1. The minimum atomic E-state index is -3.50. The molecular formula is C38H50N4O7S2. The zero-order valence-electron chi connectivity index (χ0n) is 30.3. The Hall–Kier alpha value is -4.04. The second-order valence-electron chi connectivity index (χ2n) is 12.8. The number of ether oxygens (including phenoxy) is 2. The Labute approximate surface area is 308 Å². The highest BCUT2D eigenvalue weighted by Gasteiger charge is 2.21. The third-order valence-corrected chi connectivity index (χ3v) is 9.69. The summed E-state index contributed by atoms with van der Waals surface area (Å²) in [5.41, 5.74) is 4.45. The average molecular weight is 739 g/mol. The molecule has 3 aromatic rings. The number of thiocarbonyl (C=S) groups is 1. The lowest BCUT2D eigenvalue weighted by Crippen LogP contribution is -2.47. The molecule has 0 bridgehead atoms. The zero-order chi connectivity index (χ0) is 37.0. The summed E-state index contributed by atoms with van der Waals surface area (Å²) >= 11 is 5.75. The van der Waals surface area contributed by atoms with Crippen LogP contribution in [0.1, 0.15) is 59.2 Å². The molecule has 11 nitrogen and oxygen atoms in total. The fourth-order valence-electron chi connectivity index (χ4n) is 5.82. The number of anilines is 2. The maximum absolute atomic E-state index is 13.7. The summed E-state index contributed by atoms with van der Waals surface area (Å²) in [6, 6.07) is 18.6. The Bertz CT molecular complexity index is 1780. The molecule has 0 aliphatic carbocycles. The fraction of sp³-hybridized carbons (Fsp3) is 0.447. The van der Waals surface area contributed by atoms with E-state index < -0.39 is 10.1 Å². The van der Waals surface area contributed by atoms with Gasteiger partial charge in [-0.25, -0.2) is 0 Å². The lowest BCUT2D eigenvalue weighted by molar-refractivity contribution is -0.132. The molecule has 13 heteroatoms. The number of aryl methyl sites for hydroxylation is 2. The average Bonchev–Trinajstić information content (AvgIpc) is 3.11. The van der Waals surface area contributed by atoms with E-state index >= 15 is 0 Å². The second kappa shape index (κ2) is 19.0. The van der Waals surface area contributed by atoms with Crippen LogP contribution in [0.4, 0.5) is 11.4 Å². The van der Waals surface area contributed by atoms with Gasteiger partial charge in [-0.15, -0.1) is 0 Å². The van der Waals surface area contributed by atoms with Crippen LogP contribution in [0.25, 0.3) is 0 Å². The summed E-state index contributed by atoms with van der Waals surface area (Å²) in [6.45, 7) is 5.99. The Morgan fingerprint density at radius 3 is 2.39 bits per heavy atom. The molecule has 1 heterocycles. The molecule has 2 amide bonds. The van der Waals surface area contributed by atoms with Crippen LogP contribution < -0.4 is 19.7 Å². The maximum Gasteiger partial charge on any atom is 0.264 e. The van der Waals surface area contributed by atoms with Crippen LogP contribution >= 0.6 is 12.2 Å². The van der Waals surface area contributed by atoms with Gasteiger partial charge in [0.15, 0.2) is 0 Å². The molecule has 0 atom stereocenters. The van der Waals surface area contributed by atoms with Gasteiger partial charge < -0.3 is 29.5 Å². The number of nitrogens with one attached hydrogen (secondary N) is 1. The molecule has 51 heavy (non-hydrogen) atoms. The van der Waals surface area contributed by atoms with Crippen molar-refractivity contribution in [2.75, 3.05) is 77.1 Å². The summed E-state index contributed by atoms with van der Waals surface area (Å²) in [5.74, 6) is 1.06. The number of amides is 2. The van der Waals surface area contributed by atoms with Crippen molar-refractivity contribution in [3.63, 3.8) is 0 Å². The molecule has 1 N–H and O–H groups in total. The van der Waals surface area contributed by atoms with Gasteiger partial charge in [-0.1, -0.05) is 42.5 Å². The summed E-state index contributed by atoms with van der Waals surface area (Å²) in [4.78, 5) is 32.5. The van der Waals surface area contributed by atoms with Crippen LogP contribution in [-0.4, -0.2) is 102 Å². The van der Waals surface area contributed by atoms with Crippen LogP contribution in [0, 0.1) is 6.92 Å². The van der Waals surface area contributed by atoms with Gasteiger partial charge in [0, 0.05) is 50.8 Å². The molecule has 0 unspecified atom stereocenters. The molecule has 1 aliphatic rings. The van der Waals surface area contributed by atoms with Gasteiger partial charge in [0.1, 0.15) is 16.5 Å². The monoisotopic (exact) mass is 738 g/mol. The van der Waals surface area contributed by atoms with Crippen LogP contribution in [0.5, 0.6) is 11.5 Å². The largest absolute Gasteiger partial charge is 0.495 e. The summed E-state index contributed by atoms with van der Waals surface area (Å²) in [7, 11) is 1.83. The highest BCUT2D eigenvalue weighted by atomic mass is 32.2. The number of likely N-dealkylation sites (N-methyl/N-ethyl adjacent to an activating group) is 1. The Morgan fingerprint density at radius 1 is 0.922 bits per heavy atom. The summed E-state index contributed by atoms with van der Waals surface area (Å²) in [5, 5.41) is 3.25.